The van der Waals surface area contributed by atoms with Crippen molar-refractivity contribution in [1.82, 2.24) is 5.32 Å². The summed E-state index contributed by atoms with van der Waals surface area (Å²) in [5.41, 5.74) is 5.45. The first-order valence-electron chi connectivity index (χ1n) is 7.07. The van der Waals surface area contributed by atoms with Crippen LogP contribution in [0.15, 0.2) is 0 Å². The molecule has 18 heavy (non-hydrogen) atoms. The molecule has 0 spiro atoms. The molecule has 1 atom stereocenters. The standard InChI is InChI=1S/C14H28N2O2/c1-4-14(2,3)10-5-7-11(8-6-10)16-9-12(17)13(15)18/h10-12,16-17H,4-9H2,1-3H3,(H2,15,18). The molecule has 0 bridgehead atoms. The molecule has 0 aliphatic heterocycles. The van der Waals surface area contributed by atoms with E-state index in [0.717, 1.165) is 18.8 Å². The van der Waals surface area contributed by atoms with E-state index in [0.29, 0.717) is 11.5 Å². The Hall–Kier alpha value is -0.610. The van der Waals surface area contributed by atoms with Gasteiger partial charge in [-0.2, -0.15) is 0 Å². The van der Waals surface area contributed by atoms with Crippen molar-refractivity contribution >= 4 is 5.91 Å². The Kier molecular flexibility index (Phi) is 5.60. The molecule has 1 saturated carbocycles. The number of nitrogens with one attached hydrogen (secondary N) is 1. The molecule has 106 valence electrons. The summed E-state index contributed by atoms with van der Waals surface area (Å²) >= 11 is 0. The van der Waals surface area contributed by atoms with Gasteiger partial charge in [0.05, 0.1) is 0 Å². The maximum Gasteiger partial charge on any atom is 0.247 e. The maximum atomic E-state index is 10.7. The number of rotatable bonds is 6. The predicted molar refractivity (Wildman–Crippen MR) is 73.0 cm³/mol. The largest absolute Gasteiger partial charge is 0.382 e. The van der Waals surface area contributed by atoms with E-state index < -0.39 is 12.0 Å². The number of primary amides is 1. The lowest BCUT2D eigenvalue weighted by atomic mass is 9.69. The van der Waals surface area contributed by atoms with Gasteiger partial charge in [-0.3, -0.25) is 4.79 Å². The summed E-state index contributed by atoms with van der Waals surface area (Å²) in [6, 6.07) is 0.419. The van der Waals surface area contributed by atoms with Crippen molar-refractivity contribution in [3.8, 4) is 0 Å². The Bertz CT molecular complexity index is 271. The van der Waals surface area contributed by atoms with E-state index in [4.69, 9.17) is 5.73 Å². The van der Waals surface area contributed by atoms with Crippen molar-refractivity contribution in [3.05, 3.63) is 0 Å². The number of hydrogen-bond donors (Lipinski definition) is 3. The van der Waals surface area contributed by atoms with Gasteiger partial charge in [0.1, 0.15) is 6.10 Å². The van der Waals surface area contributed by atoms with E-state index >= 15 is 0 Å². The van der Waals surface area contributed by atoms with Gasteiger partial charge in [-0.05, 0) is 37.0 Å². The number of amides is 1. The van der Waals surface area contributed by atoms with E-state index in [9.17, 15) is 9.90 Å². The Morgan fingerprint density at radius 2 is 1.94 bits per heavy atom. The molecule has 0 heterocycles. The van der Waals surface area contributed by atoms with Crippen molar-refractivity contribution in [1.29, 1.82) is 0 Å². The molecule has 1 amide bonds. The second kappa shape index (κ2) is 6.53. The van der Waals surface area contributed by atoms with Gasteiger partial charge in [0.15, 0.2) is 0 Å². The highest BCUT2D eigenvalue weighted by Crippen LogP contribution is 2.40. The van der Waals surface area contributed by atoms with E-state index in [1.54, 1.807) is 0 Å². The SMILES string of the molecule is CCC(C)(C)C1CCC(NCC(O)C(N)=O)CC1. The Morgan fingerprint density at radius 1 is 1.39 bits per heavy atom. The van der Waals surface area contributed by atoms with E-state index in [1.165, 1.54) is 19.3 Å². The quantitative estimate of drug-likeness (QED) is 0.672. The molecule has 4 heteroatoms. The van der Waals surface area contributed by atoms with Crippen molar-refractivity contribution < 1.29 is 9.90 Å². The highest BCUT2D eigenvalue weighted by molar-refractivity contribution is 5.78. The first kappa shape index (κ1) is 15.4. The van der Waals surface area contributed by atoms with Crippen LogP contribution in [0.1, 0.15) is 52.9 Å². The van der Waals surface area contributed by atoms with E-state index in [-0.39, 0.29) is 6.54 Å². The molecule has 1 aliphatic rings. The van der Waals surface area contributed by atoms with Crippen molar-refractivity contribution in [2.45, 2.75) is 65.0 Å². The molecule has 0 aromatic carbocycles. The number of carbonyl (C=O) groups excluding carboxylic acids is 1. The summed E-state index contributed by atoms with van der Waals surface area (Å²) in [6.07, 6.45) is 4.86. The summed E-state index contributed by atoms with van der Waals surface area (Å²) in [7, 11) is 0. The van der Waals surface area contributed by atoms with Gasteiger partial charge in [-0.25, -0.2) is 0 Å². The zero-order valence-electron chi connectivity index (χ0n) is 11.9. The fourth-order valence-corrected chi connectivity index (χ4v) is 2.75. The van der Waals surface area contributed by atoms with Crippen molar-refractivity contribution in [2.75, 3.05) is 6.54 Å². The summed E-state index contributed by atoms with van der Waals surface area (Å²) in [4.78, 5) is 10.7. The fraction of sp³-hybridized carbons (Fsp3) is 0.929. The lowest BCUT2D eigenvalue weighted by Crippen LogP contribution is -2.43. The molecule has 0 radical (unpaired) electrons. The number of aliphatic hydroxyl groups is 1. The van der Waals surface area contributed by atoms with Gasteiger partial charge in [0.25, 0.3) is 0 Å². The van der Waals surface area contributed by atoms with Crippen molar-refractivity contribution in [3.63, 3.8) is 0 Å². The summed E-state index contributed by atoms with van der Waals surface area (Å²) in [6.45, 7) is 7.24. The topological polar surface area (TPSA) is 75.3 Å². The molecule has 4 nitrogen and oxygen atoms in total. The van der Waals surface area contributed by atoms with Crippen LogP contribution in [0.2, 0.25) is 0 Å². The molecule has 0 aromatic heterocycles. The Balaban J connectivity index is 2.30. The second-order valence-corrected chi connectivity index (χ2v) is 6.22. The average Bonchev–Trinajstić information content (AvgIpc) is 2.36. The molecule has 4 N–H and O–H groups in total. The highest BCUT2D eigenvalue weighted by atomic mass is 16.3. The van der Waals surface area contributed by atoms with Gasteiger partial charge < -0.3 is 16.2 Å². The number of nitrogens with two attached hydrogens (primary N) is 1. The van der Waals surface area contributed by atoms with Crippen LogP contribution in [-0.4, -0.2) is 29.7 Å². The summed E-state index contributed by atoms with van der Waals surface area (Å²) in [5.74, 6) is 0.143. The third-order valence-electron chi connectivity index (χ3n) is 4.67. The molecule has 1 rings (SSSR count). The molecule has 0 saturated heterocycles. The van der Waals surface area contributed by atoms with E-state index in [1.807, 2.05) is 0 Å². The highest BCUT2D eigenvalue weighted by Gasteiger charge is 2.31. The number of aliphatic hydroxyl groups excluding tert-OH is 1. The predicted octanol–water partition coefficient (Wildman–Crippen LogP) is 1.42. The zero-order chi connectivity index (χ0) is 13.8. The van der Waals surface area contributed by atoms with Crippen LogP contribution in [-0.2, 0) is 4.79 Å². The number of hydrogen-bond acceptors (Lipinski definition) is 3. The monoisotopic (exact) mass is 256 g/mol. The normalized spacial score (nSPS) is 26.9. The van der Waals surface area contributed by atoms with Crippen LogP contribution in [0.4, 0.5) is 0 Å². The molecule has 1 unspecified atom stereocenters. The minimum atomic E-state index is -1.06. The van der Waals surface area contributed by atoms with Crippen LogP contribution in [0.5, 0.6) is 0 Å². The van der Waals surface area contributed by atoms with E-state index in [2.05, 4.69) is 26.1 Å². The third-order valence-corrected chi connectivity index (χ3v) is 4.67. The lowest BCUT2D eigenvalue weighted by Gasteiger charge is -2.39. The van der Waals surface area contributed by atoms with Crippen LogP contribution >= 0.6 is 0 Å². The maximum absolute atomic E-state index is 10.7. The molecular formula is C14H28N2O2. The molecular weight excluding hydrogens is 228 g/mol. The van der Waals surface area contributed by atoms with Crippen LogP contribution < -0.4 is 11.1 Å². The fourth-order valence-electron chi connectivity index (χ4n) is 2.75. The minimum absolute atomic E-state index is 0.280. The van der Waals surface area contributed by atoms with Crippen LogP contribution in [0.3, 0.4) is 0 Å². The molecule has 1 aliphatic carbocycles. The van der Waals surface area contributed by atoms with Gasteiger partial charge in [0.2, 0.25) is 5.91 Å². The molecule has 0 aromatic rings. The summed E-state index contributed by atoms with van der Waals surface area (Å²) < 4.78 is 0. The average molecular weight is 256 g/mol. The van der Waals surface area contributed by atoms with Crippen LogP contribution in [0.25, 0.3) is 0 Å². The minimum Gasteiger partial charge on any atom is -0.382 e. The Labute approximate surface area is 110 Å². The van der Waals surface area contributed by atoms with Crippen LogP contribution in [0, 0.1) is 11.3 Å². The zero-order valence-corrected chi connectivity index (χ0v) is 11.9. The lowest BCUT2D eigenvalue weighted by molar-refractivity contribution is -0.125. The van der Waals surface area contributed by atoms with Gasteiger partial charge in [-0.1, -0.05) is 27.2 Å². The van der Waals surface area contributed by atoms with Gasteiger partial charge >= 0.3 is 0 Å². The first-order chi connectivity index (χ1) is 8.36. The summed E-state index contributed by atoms with van der Waals surface area (Å²) in [5, 5.41) is 12.6. The molecule has 1 fully saturated rings. The van der Waals surface area contributed by atoms with Gasteiger partial charge in [-0.15, -0.1) is 0 Å². The number of carbonyl (C=O) groups is 1. The van der Waals surface area contributed by atoms with Crippen molar-refractivity contribution in [2.24, 2.45) is 17.1 Å². The Morgan fingerprint density at radius 3 is 2.39 bits per heavy atom. The first-order valence-corrected chi connectivity index (χ1v) is 7.07. The second-order valence-electron chi connectivity index (χ2n) is 6.22. The smallest absolute Gasteiger partial charge is 0.247 e. The third kappa shape index (κ3) is 4.25. The van der Waals surface area contributed by atoms with Gasteiger partial charge in [0, 0.05) is 12.6 Å².